The van der Waals surface area contributed by atoms with E-state index in [0.717, 1.165) is 32.1 Å². The summed E-state index contributed by atoms with van der Waals surface area (Å²) in [6.45, 7) is 8.94. The van der Waals surface area contributed by atoms with Gasteiger partial charge in [0.2, 0.25) is 0 Å². The number of carbonyl (C=O) groups is 3. The second-order valence-electron chi connectivity index (χ2n) is 10.8. The summed E-state index contributed by atoms with van der Waals surface area (Å²) in [7, 11) is 0. The number of carbonyl (C=O) groups excluding carboxylic acids is 1. The number of carboxylic acids is 3. The van der Waals surface area contributed by atoms with Crippen molar-refractivity contribution in [3.63, 3.8) is 0 Å². The first-order chi connectivity index (χ1) is 17.7. The van der Waals surface area contributed by atoms with Crippen molar-refractivity contribution in [3.05, 3.63) is 12.2 Å². The number of rotatable bonds is 25. The molecule has 0 aromatic heterocycles. The number of quaternary nitrogens is 1. The Bertz CT molecular complexity index is 603. The molecule has 0 heterocycles. The Morgan fingerprint density at radius 3 is 1.46 bits per heavy atom. The minimum Gasteiger partial charge on any atom is -0.550 e. The van der Waals surface area contributed by atoms with Crippen LogP contribution in [-0.4, -0.2) is 58.8 Å². The molecule has 0 aromatic carbocycles. The molecule has 7 nitrogen and oxygen atoms in total. The van der Waals surface area contributed by atoms with E-state index in [1.54, 1.807) is 6.92 Å². The van der Waals surface area contributed by atoms with Gasteiger partial charge >= 0.3 is 11.9 Å². The third-order valence-electron chi connectivity index (χ3n) is 7.73. The van der Waals surface area contributed by atoms with Crippen LogP contribution in [0.3, 0.4) is 0 Å². The van der Waals surface area contributed by atoms with Crippen LogP contribution in [0.15, 0.2) is 12.2 Å². The first-order valence-electron chi connectivity index (χ1n) is 14.8. The van der Waals surface area contributed by atoms with Gasteiger partial charge in [-0.3, -0.25) is 9.59 Å². The molecule has 0 rings (SSSR count). The lowest BCUT2D eigenvalue weighted by atomic mass is 9.95. The molecule has 0 aliphatic carbocycles. The predicted octanol–water partition coefficient (Wildman–Crippen LogP) is 5.67. The van der Waals surface area contributed by atoms with Crippen LogP contribution in [0.4, 0.5) is 0 Å². The minimum atomic E-state index is -1.15. The van der Waals surface area contributed by atoms with E-state index in [4.69, 9.17) is 0 Å². The summed E-state index contributed by atoms with van der Waals surface area (Å²) >= 11 is 0. The zero-order chi connectivity index (χ0) is 28.1. The summed E-state index contributed by atoms with van der Waals surface area (Å²) in [4.78, 5) is 35.6. The van der Waals surface area contributed by atoms with Crippen LogP contribution >= 0.6 is 0 Å². The lowest BCUT2D eigenvalue weighted by Gasteiger charge is -2.44. The van der Waals surface area contributed by atoms with Gasteiger partial charge in [0.05, 0.1) is 32.1 Å². The van der Waals surface area contributed by atoms with Crippen LogP contribution < -0.4 is 5.11 Å². The van der Waals surface area contributed by atoms with Crippen molar-refractivity contribution in [2.45, 2.75) is 118 Å². The Kier molecular flexibility index (Phi) is 20.0. The molecule has 0 bridgehead atoms. The summed E-state index contributed by atoms with van der Waals surface area (Å²) in [5.41, 5.74) is 0. The second-order valence-corrected chi connectivity index (χ2v) is 10.8. The van der Waals surface area contributed by atoms with Gasteiger partial charge in [-0.05, 0) is 57.8 Å². The lowest BCUT2D eigenvalue weighted by molar-refractivity contribution is -0.935. The number of unbranched alkanes of at least 4 members (excludes halogenated alkanes) is 9. The Labute approximate surface area is 225 Å². The zero-order valence-electron chi connectivity index (χ0n) is 24.1. The molecule has 7 heteroatoms. The summed E-state index contributed by atoms with van der Waals surface area (Å²) in [5.74, 6) is -4.99. The fraction of sp³-hybridized carbons (Fsp3) is 0.833. The minimum absolute atomic E-state index is 0.204. The first kappa shape index (κ1) is 35.1. The van der Waals surface area contributed by atoms with Gasteiger partial charge < -0.3 is 24.6 Å². The van der Waals surface area contributed by atoms with E-state index in [1.165, 1.54) is 38.5 Å². The van der Waals surface area contributed by atoms with Crippen LogP contribution in [0, 0.1) is 17.8 Å². The maximum absolute atomic E-state index is 11.9. The van der Waals surface area contributed by atoms with Crippen LogP contribution in [0.25, 0.3) is 0 Å². The van der Waals surface area contributed by atoms with Crippen molar-refractivity contribution in [1.29, 1.82) is 0 Å². The van der Waals surface area contributed by atoms with E-state index < -0.39 is 35.7 Å². The van der Waals surface area contributed by atoms with Crippen molar-refractivity contribution in [2.75, 3.05) is 26.2 Å². The van der Waals surface area contributed by atoms with Crippen molar-refractivity contribution >= 4 is 17.9 Å². The maximum atomic E-state index is 11.9. The molecule has 37 heavy (non-hydrogen) atoms. The Morgan fingerprint density at radius 1 is 0.649 bits per heavy atom. The lowest BCUT2D eigenvalue weighted by Crippen LogP contribution is -2.59. The van der Waals surface area contributed by atoms with E-state index in [1.807, 2.05) is 13.8 Å². The first-order valence-corrected chi connectivity index (χ1v) is 14.8. The topological polar surface area (TPSA) is 115 Å². The number of nitrogens with zero attached hydrogens (tertiary/aromatic N) is 1. The van der Waals surface area contributed by atoms with E-state index in [2.05, 4.69) is 19.1 Å². The number of carboxylic acid groups (broad SMARTS) is 3. The normalized spacial score (nSPS) is 15.8. The third-order valence-corrected chi connectivity index (χ3v) is 7.73. The molecule has 2 N–H and O–H groups in total. The molecule has 216 valence electrons. The zero-order valence-corrected chi connectivity index (χ0v) is 24.1. The Balaban J connectivity index is 5.20. The number of allylic oxidation sites excluding steroid dienone is 2. The monoisotopic (exact) mass is 525 g/mol. The van der Waals surface area contributed by atoms with Crippen LogP contribution in [0.5, 0.6) is 0 Å². The molecule has 0 aliphatic rings. The van der Waals surface area contributed by atoms with Crippen molar-refractivity contribution in [2.24, 2.45) is 17.8 Å². The largest absolute Gasteiger partial charge is 0.550 e. The predicted molar refractivity (Wildman–Crippen MR) is 147 cm³/mol. The second kappa shape index (κ2) is 21.1. The van der Waals surface area contributed by atoms with Gasteiger partial charge in [-0.2, -0.15) is 0 Å². The molecular formula is C30H55NO6. The van der Waals surface area contributed by atoms with Gasteiger partial charge in [-0.25, -0.2) is 0 Å². The quantitative estimate of drug-likeness (QED) is 0.0902. The number of hydrogen-bond acceptors (Lipinski definition) is 4. The summed E-state index contributed by atoms with van der Waals surface area (Å²) in [6.07, 6.45) is 18.4. The Hall–Kier alpha value is -1.89. The molecule has 0 aliphatic heterocycles. The van der Waals surface area contributed by atoms with E-state index in [9.17, 15) is 29.7 Å². The number of hydrogen-bond donors (Lipinski definition) is 2. The average molecular weight is 526 g/mol. The molecule has 0 spiro atoms. The van der Waals surface area contributed by atoms with E-state index >= 15 is 0 Å². The van der Waals surface area contributed by atoms with Crippen molar-refractivity contribution in [1.82, 2.24) is 0 Å². The van der Waals surface area contributed by atoms with Crippen LogP contribution in [0.1, 0.15) is 118 Å². The molecule has 3 atom stereocenters. The summed E-state index contributed by atoms with van der Waals surface area (Å²) in [5, 5.41) is 31.3. The fourth-order valence-corrected chi connectivity index (χ4v) is 5.20. The molecule has 0 saturated heterocycles. The fourth-order valence-electron chi connectivity index (χ4n) is 5.20. The van der Waals surface area contributed by atoms with E-state index in [-0.39, 0.29) is 24.1 Å². The van der Waals surface area contributed by atoms with Crippen molar-refractivity contribution < 1.29 is 34.2 Å². The SMILES string of the molecule is CCCCCCCC/C=C/CCCCC[N+](CC(CC)C(=O)[O-])(CC(CC)C(=O)O)CC(CC)C(=O)O. The van der Waals surface area contributed by atoms with Gasteiger partial charge in [0.1, 0.15) is 11.8 Å². The molecule has 0 radical (unpaired) electrons. The molecule has 3 unspecified atom stereocenters. The standard InChI is InChI=1S/C30H55NO6/c1-5-9-10-11-12-13-14-15-16-17-18-19-20-21-31(22-25(6-2)28(32)33,23-26(7-3)29(34)35)24-27(8-4)30(36)37/h15-16,25-27H,5-14,17-24H2,1-4H3,(H2-,32,33,34,35,36,37)/b16-15+. The molecule has 0 aromatic rings. The molecule has 0 amide bonds. The highest BCUT2D eigenvalue weighted by Gasteiger charge is 2.39. The number of aliphatic carboxylic acids is 3. The average Bonchev–Trinajstić information content (AvgIpc) is 2.86. The summed E-state index contributed by atoms with van der Waals surface area (Å²) in [6, 6.07) is 0. The highest BCUT2D eigenvalue weighted by Crippen LogP contribution is 2.25. The highest BCUT2D eigenvalue weighted by atomic mass is 16.4. The van der Waals surface area contributed by atoms with Gasteiger partial charge in [0.25, 0.3) is 0 Å². The van der Waals surface area contributed by atoms with Gasteiger partial charge in [0.15, 0.2) is 0 Å². The molecule has 0 saturated carbocycles. The van der Waals surface area contributed by atoms with Gasteiger partial charge in [-0.15, -0.1) is 0 Å². The molecule has 0 fully saturated rings. The van der Waals surface area contributed by atoms with Crippen LogP contribution in [0.2, 0.25) is 0 Å². The maximum Gasteiger partial charge on any atom is 0.312 e. The van der Waals surface area contributed by atoms with Gasteiger partial charge in [-0.1, -0.05) is 72.0 Å². The highest BCUT2D eigenvalue weighted by molar-refractivity contribution is 5.70. The van der Waals surface area contributed by atoms with Crippen LogP contribution in [-0.2, 0) is 14.4 Å². The third kappa shape index (κ3) is 15.8. The van der Waals surface area contributed by atoms with Gasteiger partial charge in [0, 0.05) is 5.92 Å². The molecular weight excluding hydrogens is 470 g/mol. The van der Waals surface area contributed by atoms with E-state index in [0.29, 0.717) is 25.8 Å². The summed E-state index contributed by atoms with van der Waals surface area (Å²) < 4.78 is 0.204. The van der Waals surface area contributed by atoms with Crippen molar-refractivity contribution in [3.8, 4) is 0 Å². The smallest absolute Gasteiger partial charge is 0.312 e. The Morgan fingerprint density at radius 2 is 1.05 bits per heavy atom.